The van der Waals surface area contributed by atoms with E-state index in [9.17, 15) is 4.79 Å². The SMILES string of the molecule is Cc1ccc2[nH]c(=O)n(CC3CCCSC3)c2c1. The number of aromatic nitrogens is 2. The molecule has 1 saturated heterocycles. The molecule has 0 spiro atoms. The maximum absolute atomic E-state index is 12.0. The van der Waals surface area contributed by atoms with Gasteiger partial charge < -0.3 is 4.98 Å². The monoisotopic (exact) mass is 262 g/mol. The van der Waals surface area contributed by atoms with Crippen molar-refractivity contribution in [2.75, 3.05) is 11.5 Å². The lowest BCUT2D eigenvalue weighted by atomic mass is 10.1. The summed E-state index contributed by atoms with van der Waals surface area (Å²) in [6.45, 7) is 2.92. The second kappa shape index (κ2) is 4.84. The van der Waals surface area contributed by atoms with Crippen LogP contribution in [0.15, 0.2) is 23.0 Å². The van der Waals surface area contributed by atoms with Gasteiger partial charge in [-0.05, 0) is 54.9 Å². The topological polar surface area (TPSA) is 37.8 Å². The molecule has 3 rings (SSSR count). The first kappa shape index (κ1) is 11.9. The van der Waals surface area contributed by atoms with E-state index in [1.165, 1.54) is 29.9 Å². The Bertz CT molecular complexity index is 608. The number of fused-ring (bicyclic) bond motifs is 1. The molecule has 1 aliphatic heterocycles. The van der Waals surface area contributed by atoms with Crippen molar-refractivity contribution in [1.82, 2.24) is 9.55 Å². The van der Waals surface area contributed by atoms with E-state index < -0.39 is 0 Å². The summed E-state index contributed by atoms with van der Waals surface area (Å²) >= 11 is 2.01. The normalized spacial score (nSPS) is 20.4. The molecule has 1 aromatic carbocycles. The van der Waals surface area contributed by atoms with Crippen molar-refractivity contribution in [2.45, 2.75) is 26.3 Å². The van der Waals surface area contributed by atoms with E-state index in [-0.39, 0.29) is 5.69 Å². The van der Waals surface area contributed by atoms with Crippen LogP contribution >= 0.6 is 11.8 Å². The van der Waals surface area contributed by atoms with Crippen LogP contribution in [-0.4, -0.2) is 21.1 Å². The highest BCUT2D eigenvalue weighted by atomic mass is 32.2. The van der Waals surface area contributed by atoms with E-state index in [0.717, 1.165) is 17.6 Å². The summed E-state index contributed by atoms with van der Waals surface area (Å²) in [5, 5.41) is 0. The van der Waals surface area contributed by atoms with Gasteiger partial charge in [-0.3, -0.25) is 4.57 Å². The number of benzene rings is 1. The van der Waals surface area contributed by atoms with Crippen LogP contribution in [0.2, 0.25) is 0 Å². The van der Waals surface area contributed by atoms with Gasteiger partial charge in [0.15, 0.2) is 0 Å². The van der Waals surface area contributed by atoms with Gasteiger partial charge in [-0.25, -0.2) is 4.79 Å². The van der Waals surface area contributed by atoms with Crippen LogP contribution in [0.5, 0.6) is 0 Å². The number of H-pyrrole nitrogens is 1. The highest BCUT2D eigenvalue weighted by Gasteiger charge is 2.17. The fourth-order valence-corrected chi connectivity index (χ4v) is 3.80. The first-order chi connectivity index (χ1) is 8.74. The Morgan fingerprint density at radius 3 is 3.17 bits per heavy atom. The Kier molecular flexibility index (Phi) is 3.20. The lowest BCUT2D eigenvalue weighted by molar-refractivity contribution is 0.446. The van der Waals surface area contributed by atoms with Crippen LogP contribution in [0.4, 0.5) is 0 Å². The predicted molar refractivity (Wildman–Crippen MR) is 77.3 cm³/mol. The molecule has 1 N–H and O–H groups in total. The molecule has 0 aliphatic carbocycles. The Hall–Kier alpha value is -1.16. The minimum absolute atomic E-state index is 0.0335. The van der Waals surface area contributed by atoms with Gasteiger partial charge in [0.05, 0.1) is 11.0 Å². The van der Waals surface area contributed by atoms with E-state index in [2.05, 4.69) is 18.0 Å². The van der Waals surface area contributed by atoms with Crippen LogP contribution in [-0.2, 0) is 6.54 Å². The van der Waals surface area contributed by atoms with Gasteiger partial charge >= 0.3 is 5.69 Å². The van der Waals surface area contributed by atoms with Crippen LogP contribution in [0.1, 0.15) is 18.4 Å². The van der Waals surface area contributed by atoms with Crippen molar-refractivity contribution in [3.63, 3.8) is 0 Å². The lowest BCUT2D eigenvalue weighted by Crippen LogP contribution is -2.24. The minimum atomic E-state index is 0.0335. The number of nitrogens with zero attached hydrogens (tertiary/aromatic N) is 1. The van der Waals surface area contributed by atoms with Gasteiger partial charge in [-0.1, -0.05) is 6.07 Å². The second-order valence-corrected chi connectivity index (χ2v) is 6.29. The Balaban J connectivity index is 1.97. The standard InChI is InChI=1S/C14H18N2OS/c1-10-4-5-12-13(7-10)16(14(17)15-12)8-11-3-2-6-18-9-11/h4-5,7,11H,2-3,6,8-9H2,1H3,(H,15,17). The number of nitrogens with one attached hydrogen (secondary N) is 1. The number of hydrogen-bond acceptors (Lipinski definition) is 2. The molecule has 3 nitrogen and oxygen atoms in total. The molecular weight excluding hydrogens is 244 g/mol. The van der Waals surface area contributed by atoms with Gasteiger partial charge in [0.25, 0.3) is 0 Å². The molecule has 1 atom stereocenters. The summed E-state index contributed by atoms with van der Waals surface area (Å²) in [5.74, 6) is 3.10. The molecule has 0 saturated carbocycles. The zero-order valence-electron chi connectivity index (χ0n) is 10.6. The average molecular weight is 262 g/mol. The zero-order chi connectivity index (χ0) is 12.5. The molecule has 0 radical (unpaired) electrons. The molecule has 4 heteroatoms. The van der Waals surface area contributed by atoms with Crippen molar-refractivity contribution < 1.29 is 0 Å². The summed E-state index contributed by atoms with van der Waals surface area (Å²) in [4.78, 5) is 15.0. The van der Waals surface area contributed by atoms with Gasteiger partial charge in [0, 0.05) is 6.54 Å². The molecule has 1 aliphatic rings. The number of aromatic amines is 1. The number of hydrogen-bond donors (Lipinski definition) is 1. The van der Waals surface area contributed by atoms with Crippen molar-refractivity contribution in [3.05, 3.63) is 34.2 Å². The summed E-state index contributed by atoms with van der Waals surface area (Å²) in [6.07, 6.45) is 2.53. The van der Waals surface area contributed by atoms with Gasteiger partial charge in [-0.15, -0.1) is 0 Å². The highest BCUT2D eigenvalue weighted by molar-refractivity contribution is 7.99. The van der Waals surface area contributed by atoms with E-state index >= 15 is 0 Å². The number of rotatable bonds is 2. The first-order valence-corrected chi connectivity index (χ1v) is 7.66. The third-order valence-corrected chi connectivity index (χ3v) is 4.91. The fourth-order valence-electron chi connectivity index (χ4n) is 2.65. The predicted octanol–water partition coefficient (Wildman–Crippen LogP) is 2.78. The van der Waals surface area contributed by atoms with Gasteiger partial charge in [0.1, 0.15) is 0 Å². The second-order valence-electron chi connectivity index (χ2n) is 5.14. The quantitative estimate of drug-likeness (QED) is 0.903. The van der Waals surface area contributed by atoms with E-state index in [1.807, 2.05) is 28.5 Å². The summed E-state index contributed by atoms with van der Waals surface area (Å²) in [7, 11) is 0. The Labute approximate surface area is 111 Å². The fraction of sp³-hybridized carbons (Fsp3) is 0.500. The van der Waals surface area contributed by atoms with Gasteiger partial charge in [0.2, 0.25) is 0 Å². The molecule has 18 heavy (non-hydrogen) atoms. The molecular formula is C14H18N2OS. The first-order valence-electron chi connectivity index (χ1n) is 6.51. The Morgan fingerprint density at radius 2 is 2.39 bits per heavy atom. The van der Waals surface area contributed by atoms with Crippen molar-refractivity contribution in [3.8, 4) is 0 Å². The molecule has 2 aromatic rings. The maximum atomic E-state index is 12.0. The highest BCUT2D eigenvalue weighted by Crippen LogP contribution is 2.24. The smallest absolute Gasteiger partial charge is 0.306 e. The third-order valence-electron chi connectivity index (χ3n) is 3.63. The van der Waals surface area contributed by atoms with Crippen molar-refractivity contribution in [1.29, 1.82) is 0 Å². The molecule has 0 bridgehead atoms. The number of aryl methyl sites for hydroxylation is 1. The summed E-state index contributed by atoms with van der Waals surface area (Å²) in [5.41, 5.74) is 3.24. The third kappa shape index (κ3) is 2.21. The molecule has 96 valence electrons. The molecule has 1 unspecified atom stereocenters. The molecule has 1 fully saturated rings. The van der Waals surface area contributed by atoms with E-state index in [1.54, 1.807) is 0 Å². The molecule has 0 amide bonds. The van der Waals surface area contributed by atoms with E-state index in [4.69, 9.17) is 0 Å². The molecule has 1 aromatic heterocycles. The van der Waals surface area contributed by atoms with Crippen LogP contribution in [0, 0.1) is 12.8 Å². The van der Waals surface area contributed by atoms with Crippen LogP contribution in [0.25, 0.3) is 11.0 Å². The van der Waals surface area contributed by atoms with Crippen molar-refractivity contribution >= 4 is 22.8 Å². The van der Waals surface area contributed by atoms with Crippen molar-refractivity contribution in [2.24, 2.45) is 5.92 Å². The minimum Gasteiger partial charge on any atom is -0.306 e. The van der Waals surface area contributed by atoms with Gasteiger partial charge in [-0.2, -0.15) is 11.8 Å². The number of imidazole rings is 1. The average Bonchev–Trinajstić information content (AvgIpc) is 2.67. The number of thioether (sulfide) groups is 1. The van der Waals surface area contributed by atoms with Crippen LogP contribution < -0.4 is 5.69 Å². The van der Waals surface area contributed by atoms with Crippen LogP contribution in [0.3, 0.4) is 0 Å². The van der Waals surface area contributed by atoms with E-state index in [0.29, 0.717) is 5.92 Å². The maximum Gasteiger partial charge on any atom is 0.326 e. The summed E-state index contributed by atoms with van der Waals surface area (Å²) in [6, 6.07) is 6.14. The molecule has 2 heterocycles. The Morgan fingerprint density at radius 1 is 1.50 bits per heavy atom. The largest absolute Gasteiger partial charge is 0.326 e. The lowest BCUT2D eigenvalue weighted by Gasteiger charge is -2.21. The zero-order valence-corrected chi connectivity index (χ0v) is 11.4. The summed E-state index contributed by atoms with van der Waals surface area (Å²) < 4.78 is 1.92.